The molecule has 2 N–H and O–H groups in total. The average molecular weight is 312 g/mol. The van der Waals surface area contributed by atoms with Gasteiger partial charge in [0.2, 0.25) is 5.78 Å². The topological polar surface area (TPSA) is 65.2 Å². The van der Waals surface area contributed by atoms with E-state index in [1.165, 1.54) is 11.3 Å². The summed E-state index contributed by atoms with van der Waals surface area (Å²) >= 11 is 1.37. The van der Waals surface area contributed by atoms with Crippen LogP contribution in [-0.4, -0.2) is 23.4 Å². The van der Waals surface area contributed by atoms with E-state index >= 15 is 0 Å². The summed E-state index contributed by atoms with van der Waals surface area (Å²) in [6.45, 7) is 0.630. The molecule has 112 valence electrons. The zero-order valence-corrected chi connectivity index (χ0v) is 12.8. The SMILES string of the molecule is NC(COCc1ccccc1)C(=O)c1nc2ccccc2s1. The van der Waals surface area contributed by atoms with Gasteiger partial charge in [0, 0.05) is 0 Å². The third-order valence-electron chi connectivity index (χ3n) is 3.25. The molecule has 3 aromatic rings. The number of ether oxygens (including phenoxy) is 1. The van der Waals surface area contributed by atoms with Gasteiger partial charge in [-0.15, -0.1) is 11.3 Å². The van der Waals surface area contributed by atoms with Crippen LogP contribution in [0.15, 0.2) is 54.6 Å². The van der Waals surface area contributed by atoms with Gasteiger partial charge >= 0.3 is 0 Å². The summed E-state index contributed by atoms with van der Waals surface area (Å²) in [5.74, 6) is -0.172. The Morgan fingerprint density at radius 2 is 1.86 bits per heavy atom. The highest BCUT2D eigenvalue weighted by Crippen LogP contribution is 2.22. The number of Topliss-reactive ketones (excluding diaryl/α,β-unsaturated/α-hetero) is 1. The Morgan fingerprint density at radius 1 is 1.14 bits per heavy atom. The molecule has 0 amide bonds. The van der Waals surface area contributed by atoms with Gasteiger partial charge in [-0.2, -0.15) is 0 Å². The smallest absolute Gasteiger partial charge is 0.210 e. The van der Waals surface area contributed by atoms with Crippen molar-refractivity contribution in [1.29, 1.82) is 0 Å². The molecule has 5 heteroatoms. The Balaban J connectivity index is 1.59. The highest BCUT2D eigenvalue weighted by molar-refractivity contribution is 7.20. The molecule has 0 aliphatic rings. The Bertz CT molecular complexity index is 737. The molecule has 0 saturated carbocycles. The minimum Gasteiger partial charge on any atom is -0.375 e. The zero-order valence-electron chi connectivity index (χ0n) is 11.9. The molecule has 0 radical (unpaired) electrons. The van der Waals surface area contributed by atoms with Crippen LogP contribution in [0.2, 0.25) is 0 Å². The van der Waals surface area contributed by atoms with E-state index in [4.69, 9.17) is 10.5 Å². The molecule has 2 aromatic carbocycles. The third kappa shape index (κ3) is 3.39. The van der Waals surface area contributed by atoms with Gasteiger partial charge in [0.25, 0.3) is 0 Å². The molecule has 3 rings (SSSR count). The largest absolute Gasteiger partial charge is 0.375 e. The van der Waals surface area contributed by atoms with Crippen molar-refractivity contribution in [1.82, 2.24) is 4.98 Å². The third-order valence-corrected chi connectivity index (χ3v) is 4.30. The standard InChI is InChI=1S/C17H16N2O2S/c18-13(11-21-10-12-6-2-1-3-7-12)16(20)17-19-14-8-4-5-9-15(14)22-17/h1-9,13H,10-11,18H2. The van der Waals surface area contributed by atoms with Gasteiger partial charge in [-0.05, 0) is 17.7 Å². The lowest BCUT2D eigenvalue weighted by molar-refractivity contribution is 0.0784. The first-order valence-electron chi connectivity index (χ1n) is 7.01. The molecule has 0 aliphatic carbocycles. The molecule has 1 aromatic heterocycles. The predicted octanol–water partition coefficient (Wildman–Crippen LogP) is 3.02. The quantitative estimate of drug-likeness (QED) is 0.711. The molecule has 1 atom stereocenters. The number of fused-ring (bicyclic) bond motifs is 1. The van der Waals surface area contributed by atoms with Crippen molar-refractivity contribution < 1.29 is 9.53 Å². The van der Waals surface area contributed by atoms with E-state index < -0.39 is 6.04 Å². The number of benzene rings is 2. The van der Waals surface area contributed by atoms with Gasteiger partial charge in [0.05, 0.1) is 29.5 Å². The molecule has 0 spiro atoms. The van der Waals surface area contributed by atoms with E-state index in [0.29, 0.717) is 11.6 Å². The van der Waals surface area contributed by atoms with Gasteiger partial charge in [-0.3, -0.25) is 4.79 Å². The maximum Gasteiger partial charge on any atom is 0.210 e. The number of hydrogen-bond acceptors (Lipinski definition) is 5. The Morgan fingerprint density at radius 3 is 2.64 bits per heavy atom. The van der Waals surface area contributed by atoms with Gasteiger partial charge in [-0.25, -0.2) is 4.98 Å². The Hall–Kier alpha value is -2.08. The van der Waals surface area contributed by atoms with Crippen LogP contribution in [0.4, 0.5) is 0 Å². The minimum absolute atomic E-state index is 0.172. The van der Waals surface area contributed by atoms with Gasteiger partial charge in [0.1, 0.15) is 0 Å². The van der Waals surface area contributed by atoms with E-state index in [1.807, 2.05) is 54.6 Å². The van der Waals surface area contributed by atoms with Crippen molar-refractivity contribution >= 4 is 27.3 Å². The fraction of sp³-hybridized carbons (Fsp3) is 0.176. The van der Waals surface area contributed by atoms with E-state index in [-0.39, 0.29) is 12.4 Å². The van der Waals surface area contributed by atoms with Crippen LogP contribution in [0, 0.1) is 0 Å². The Labute approximate surface area is 132 Å². The lowest BCUT2D eigenvalue weighted by Gasteiger charge is -2.09. The van der Waals surface area contributed by atoms with E-state index in [9.17, 15) is 4.79 Å². The lowest BCUT2D eigenvalue weighted by atomic mass is 10.2. The number of rotatable bonds is 6. The molecule has 0 saturated heterocycles. The predicted molar refractivity (Wildman–Crippen MR) is 88.0 cm³/mol. The molecule has 0 aliphatic heterocycles. The van der Waals surface area contributed by atoms with Crippen LogP contribution < -0.4 is 5.73 Å². The second kappa shape index (κ2) is 6.79. The summed E-state index contributed by atoms with van der Waals surface area (Å²) in [6.07, 6.45) is 0. The lowest BCUT2D eigenvalue weighted by Crippen LogP contribution is -2.35. The van der Waals surface area contributed by atoms with Crippen molar-refractivity contribution in [2.45, 2.75) is 12.6 Å². The average Bonchev–Trinajstić information content (AvgIpc) is 2.99. The Kier molecular flexibility index (Phi) is 4.58. The van der Waals surface area contributed by atoms with Gasteiger partial charge in [0.15, 0.2) is 5.01 Å². The molecule has 0 fully saturated rings. The molecule has 4 nitrogen and oxygen atoms in total. The van der Waals surface area contributed by atoms with Crippen molar-refractivity contribution in [3.05, 3.63) is 65.2 Å². The number of hydrogen-bond donors (Lipinski definition) is 1. The molecule has 22 heavy (non-hydrogen) atoms. The summed E-state index contributed by atoms with van der Waals surface area (Å²) in [6, 6.07) is 16.8. The first-order valence-corrected chi connectivity index (χ1v) is 7.83. The number of aromatic nitrogens is 1. The number of thiazole rings is 1. The highest BCUT2D eigenvalue weighted by atomic mass is 32.1. The number of ketones is 1. The minimum atomic E-state index is -0.690. The second-order valence-corrected chi connectivity index (χ2v) is 5.99. The summed E-state index contributed by atoms with van der Waals surface area (Å²) in [5.41, 5.74) is 7.81. The first-order chi connectivity index (χ1) is 10.7. The first kappa shape index (κ1) is 14.8. The number of carbonyl (C=O) groups excluding carboxylic acids is 1. The number of nitrogens with zero attached hydrogens (tertiary/aromatic N) is 1. The summed E-state index contributed by atoms with van der Waals surface area (Å²) in [5, 5.41) is 0.442. The van der Waals surface area contributed by atoms with Crippen molar-refractivity contribution in [2.24, 2.45) is 5.73 Å². The van der Waals surface area contributed by atoms with E-state index in [2.05, 4.69) is 4.98 Å². The second-order valence-electron chi connectivity index (χ2n) is 4.96. The molecular formula is C17H16N2O2S. The van der Waals surface area contributed by atoms with Crippen LogP contribution in [0.1, 0.15) is 15.4 Å². The van der Waals surface area contributed by atoms with Crippen LogP contribution in [0.3, 0.4) is 0 Å². The van der Waals surface area contributed by atoms with E-state index in [0.717, 1.165) is 15.8 Å². The van der Waals surface area contributed by atoms with Crippen LogP contribution in [0.5, 0.6) is 0 Å². The summed E-state index contributed by atoms with van der Waals surface area (Å²) < 4.78 is 6.52. The number of para-hydroxylation sites is 1. The normalized spacial score (nSPS) is 12.4. The van der Waals surface area contributed by atoms with Crippen LogP contribution in [-0.2, 0) is 11.3 Å². The summed E-state index contributed by atoms with van der Waals surface area (Å²) in [7, 11) is 0. The monoisotopic (exact) mass is 312 g/mol. The molecule has 1 unspecified atom stereocenters. The fourth-order valence-electron chi connectivity index (χ4n) is 2.09. The van der Waals surface area contributed by atoms with Gasteiger partial charge < -0.3 is 10.5 Å². The molecule has 0 bridgehead atoms. The van der Waals surface area contributed by atoms with Crippen LogP contribution >= 0.6 is 11.3 Å². The number of nitrogens with two attached hydrogens (primary N) is 1. The van der Waals surface area contributed by atoms with Crippen molar-refractivity contribution in [3.63, 3.8) is 0 Å². The molecular weight excluding hydrogens is 296 g/mol. The fourth-order valence-corrected chi connectivity index (χ4v) is 3.06. The maximum atomic E-state index is 12.3. The summed E-state index contributed by atoms with van der Waals surface area (Å²) in [4.78, 5) is 16.6. The zero-order chi connectivity index (χ0) is 15.4. The van der Waals surface area contributed by atoms with E-state index in [1.54, 1.807) is 0 Å². The van der Waals surface area contributed by atoms with Crippen molar-refractivity contribution in [3.8, 4) is 0 Å². The van der Waals surface area contributed by atoms with Crippen LogP contribution in [0.25, 0.3) is 10.2 Å². The molecule has 1 heterocycles. The highest BCUT2D eigenvalue weighted by Gasteiger charge is 2.19. The van der Waals surface area contributed by atoms with Gasteiger partial charge in [-0.1, -0.05) is 42.5 Å². The maximum absolute atomic E-state index is 12.3. The van der Waals surface area contributed by atoms with Crippen molar-refractivity contribution in [2.75, 3.05) is 6.61 Å². The number of carbonyl (C=O) groups is 1.